The molecule has 1 amide bonds. The van der Waals surface area contributed by atoms with Crippen molar-refractivity contribution in [1.82, 2.24) is 10.3 Å². The van der Waals surface area contributed by atoms with E-state index in [0.29, 0.717) is 46.8 Å². The summed E-state index contributed by atoms with van der Waals surface area (Å²) in [5, 5.41) is 7.21. The molecular weight excluding hydrogens is 350 g/mol. The van der Waals surface area contributed by atoms with Crippen molar-refractivity contribution < 1.29 is 9.53 Å². The fourth-order valence-corrected chi connectivity index (χ4v) is 4.08. The maximum Gasteiger partial charge on any atom is 0.224 e. The molecule has 2 saturated heterocycles. The molecule has 2 aliphatic heterocycles. The average Bonchev–Trinajstić information content (AvgIpc) is 2.97. The van der Waals surface area contributed by atoms with Crippen LogP contribution in [0.25, 0.3) is 0 Å². The number of piperidine rings is 1. The quantitative estimate of drug-likeness (QED) is 0.818. The Morgan fingerprint density at radius 3 is 2.54 bits per heavy atom. The second kappa shape index (κ2) is 7.64. The first-order valence-corrected chi connectivity index (χ1v) is 9.47. The van der Waals surface area contributed by atoms with Gasteiger partial charge in [0.15, 0.2) is 0 Å². The Labute approximate surface area is 158 Å². The lowest BCUT2D eigenvalue weighted by atomic mass is 9.89. The summed E-state index contributed by atoms with van der Waals surface area (Å²) in [6.07, 6.45) is 6.92. The van der Waals surface area contributed by atoms with Crippen LogP contribution in [0.2, 0.25) is 5.02 Å². The molecule has 6 heteroatoms. The number of nitrogens with zero attached hydrogens (tertiary/aromatic N) is 1. The van der Waals surface area contributed by atoms with Crippen LogP contribution in [0.5, 0.6) is 11.6 Å². The summed E-state index contributed by atoms with van der Waals surface area (Å²) in [5.41, 5.74) is 0.690. The molecule has 0 saturated carbocycles. The maximum absolute atomic E-state index is 12.3. The molecule has 2 unspecified atom stereocenters. The van der Waals surface area contributed by atoms with Gasteiger partial charge >= 0.3 is 0 Å². The number of rotatable bonds is 5. The van der Waals surface area contributed by atoms with Gasteiger partial charge in [0, 0.05) is 29.6 Å². The zero-order chi connectivity index (χ0) is 17.9. The van der Waals surface area contributed by atoms with Gasteiger partial charge in [-0.1, -0.05) is 11.6 Å². The Bertz CT molecular complexity index is 752. The summed E-state index contributed by atoms with van der Waals surface area (Å²) in [6, 6.07) is 11.9. The summed E-state index contributed by atoms with van der Waals surface area (Å²) in [5.74, 6) is 1.68. The molecule has 1 aromatic heterocycles. The number of hydrogen-bond acceptors (Lipinski definition) is 4. The third-order valence-corrected chi connectivity index (χ3v) is 5.35. The fourth-order valence-electron chi connectivity index (χ4n) is 3.95. The number of amides is 1. The van der Waals surface area contributed by atoms with E-state index < -0.39 is 0 Å². The predicted octanol–water partition coefficient (Wildman–Crippen LogP) is 4.39. The Hall–Kier alpha value is -2.11. The number of benzene rings is 1. The molecule has 0 radical (unpaired) electrons. The molecular formula is C20H22ClN3O2. The third-order valence-electron chi connectivity index (χ3n) is 5.10. The molecule has 0 spiro atoms. The minimum Gasteiger partial charge on any atom is -0.439 e. The molecule has 136 valence electrons. The Balaban J connectivity index is 1.29. The first-order chi connectivity index (χ1) is 12.6. The molecule has 2 aliphatic rings. The zero-order valence-corrected chi connectivity index (χ0v) is 15.2. The van der Waals surface area contributed by atoms with Crippen LogP contribution in [0, 0.1) is 5.92 Å². The lowest BCUT2D eigenvalue weighted by Gasteiger charge is -2.28. The Morgan fingerprint density at radius 2 is 1.88 bits per heavy atom. The molecule has 5 nitrogen and oxygen atoms in total. The molecule has 2 aromatic rings. The number of anilines is 1. The van der Waals surface area contributed by atoms with Gasteiger partial charge in [0.2, 0.25) is 11.8 Å². The van der Waals surface area contributed by atoms with Crippen molar-refractivity contribution in [1.29, 1.82) is 0 Å². The van der Waals surface area contributed by atoms with Gasteiger partial charge in [-0.2, -0.15) is 0 Å². The van der Waals surface area contributed by atoms with E-state index >= 15 is 0 Å². The predicted molar refractivity (Wildman–Crippen MR) is 102 cm³/mol. The molecule has 2 fully saturated rings. The smallest absolute Gasteiger partial charge is 0.224 e. The minimum atomic E-state index is 0.0597. The second-order valence-electron chi connectivity index (χ2n) is 7.17. The largest absolute Gasteiger partial charge is 0.439 e. The lowest BCUT2D eigenvalue weighted by Crippen LogP contribution is -2.39. The van der Waals surface area contributed by atoms with Gasteiger partial charge in [-0.3, -0.25) is 4.79 Å². The number of ether oxygens (including phenoxy) is 1. The van der Waals surface area contributed by atoms with Gasteiger partial charge in [0.1, 0.15) is 5.75 Å². The van der Waals surface area contributed by atoms with Gasteiger partial charge in [-0.15, -0.1) is 0 Å². The van der Waals surface area contributed by atoms with E-state index in [9.17, 15) is 4.79 Å². The van der Waals surface area contributed by atoms with Crippen LogP contribution in [-0.4, -0.2) is 23.0 Å². The van der Waals surface area contributed by atoms with Crippen molar-refractivity contribution in [3.8, 4) is 11.6 Å². The molecule has 26 heavy (non-hydrogen) atoms. The third kappa shape index (κ3) is 4.34. The second-order valence-corrected chi connectivity index (χ2v) is 7.61. The van der Waals surface area contributed by atoms with Crippen LogP contribution in [0.4, 0.5) is 5.69 Å². The van der Waals surface area contributed by atoms with Crippen molar-refractivity contribution in [2.45, 2.75) is 44.2 Å². The Kier molecular flexibility index (Phi) is 5.09. The molecule has 2 N–H and O–H groups in total. The minimum absolute atomic E-state index is 0.0597. The van der Waals surface area contributed by atoms with Gasteiger partial charge in [0.25, 0.3) is 0 Å². The lowest BCUT2D eigenvalue weighted by molar-refractivity contribution is -0.117. The standard InChI is InChI=1S/C20H22ClN3O2/c21-14-1-6-18(7-2-14)26-20-8-5-17(12-22-20)24-19(25)11-13-9-15-3-4-16(10-13)23-15/h1-2,5-8,12-13,15-16,23H,3-4,9-11H2,(H,24,25). The SMILES string of the molecule is O=C(CC1CC2CCC(C1)N2)Nc1ccc(Oc2ccc(Cl)cc2)nc1. The van der Waals surface area contributed by atoms with Gasteiger partial charge < -0.3 is 15.4 Å². The number of halogens is 1. The van der Waals surface area contributed by atoms with Crippen LogP contribution in [0.15, 0.2) is 42.6 Å². The summed E-state index contributed by atoms with van der Waals surface area (Å²) in [4.78, 5) is 16.6. The molecule has 4 rings (SSSR count). The maximum atomic E-state index is 12.3. The molecule has 3 heterocycles. The number of carbonyl (C=O) groups excluding carboxylic acids is 1. The number of fused-ring (bicyclic) bond motifs is 2. The summed E-state index contributed by atoms with van der Waals surface area (Å²) in [6.45, 7) is 0. The topological polar surface area (TPSA) is 63.2 Å². The highest BCUT2D eigenvalue weighted by atomic mass is 35.5. The molecule has 1 aromatic carbocycles. The zero-order valence-electron chi connectivity index (χ0n) is 14.5. The van der Waals surface area contributed by atoms with Crippen molar-refractivity contribution >= 4 is 23.2 Å². The van der Waals surface area contributed by atoms with Crippen molar-refractivity contribution in [2.75, 3.05) is 5.32 Å². The number of aromatic nitrogens is 1. The highest BCUT2D eigenvalue weighted by Crippen LogP contribution is 2.32. The van der Waals surface area contributed by atoms with Crippen LogP contribution in [0.3, 0.4) is 0 Å². The van der Waals surface area contributed by atoms with Crippen molar-refractivity contribution in [2.24, 2.45) is 5.92 Å². The summed E-state index contributed by atoms with van der Waals surface area (Å²) < 4.78 is 5.66. The van der Waals surface area contributed by atoms with Gasteiger partial charge in [-0.05, 0) is 61.9 Å². The van der Waals surface area contributed by atoms with Crippen LogP contribution in [0.1, 0.15) is 32.1 Å². The van der Waals surface area contributed by atoms with E-state index in [2.05, 4.69) is 15.6 Å². The Morgan fingerprint density at radius 1 is 1.15 bits per heavy atom. The van der Waals surface area contributed by atoms with Crippen LogP contribution < -0.4 is 15.4 Å². The average molecular weight is 372 g/mol. The van der Waals surface area contributed by atoms with E-state index in [1.165, 1.54) is 12.8 Å². The summed E-state index contributed by atoms with van der Waals surface area (Å²) in [7, 11) is 0. The van der Waals surface area contributed by atoms with Crippen LogP contribution >= 0.6 is 11.6 Å². The normalized spacial score (nSPS) is 24.3. The van der Waals surface area contributed by atoms with E-state index in [-0.39, 0.29) is 5.91 Å². The number of nitrogens with one attached hydrogen (secondary N) is 2. The van der Waals surface area contributed by atoms with E-state index in [1.54, 1.807) is 36.5 Å². The highest BCUT2D eigenvalue weighted by Gasteiger charge is 2.34. The van der Waals surface area contributed by atoms with Crippen LogP contribution in [-0.2, 0) is 4.79 Å². The first kappa shape index (κ1) is 17.3. The van der Waals surface area contributed by atoms with Crippen molar-refractivity contribution in [3.05, 3.63) is 47.6 Å². The fraction of sp³-hybridized carbons (Fsp3) is 0.400. The molecule has 0 aliphatic carbocycles. The molecule has 2 atom stereocenters. The van der Waals surface area contributed by atoms with Gasteiger partial charge in [0.05, 0.1) is 11.9 Å². The number of pyridine rings is 1. The van der Waals surface area contributed by atoms with Crippen molar-refractivity contribution in [3.63, 3.8) is 0 Å². The van der Waals surface area contributed by atoms with E-state index in [4.69, 9.17) is 16.3 Å². The monoisotopic (exact) mass is 371 g/mol. The summed E-state index contributed by atoms with van der Waals surface area (Å²) >= 11 is 5.86. The number of carbonyl (C=O) groups is 1. The highest BCUT2D eigenvalue weighted by molar-refractivity contribution is 6.30. The van der Waals surface area contributed by atoms with E-state index in [1.807, 2.05) is 6.07 Å². The van der Waals surface area contributed by atoms with E-state index in [0.717, 1.165) is 12.8 Å². The number of hydrogen-bond donors (Lipinski definition) is 2. The first-order valence-electron chi connectivity index (χ1n) is 9.09. The van der Waals surface area contributed by atoms with Gasteiger partial charge in [-0.25, -0.2) is 4.98 Å². The molecule has 2 bridgehead atoms.